The van der Waals surface area contributed by atoms with Gasteiger partial charge in [0.15, 0.2) is 16.6 Å². The Morgan fingerprint density at radius 3 is 2.52 bits per heavy atom. The lowest BCUT2D eigenvalue weighted by atomic mass is 10.1. The van der Waals surface area contributed by atoms with Crippen molar-refractivity contribution in [3.05, 3.63) is 34.2 Å². The van der Waals surface area contributed by atoms with Crippen molar-refractivity contribution >= 4 is 51.3 Å². The van der Waals surface area contributed by atoms with Gasteiger partial charge in [0.1, 0.15) is 9.88 Å². The van der Waals surface area contributed by atoms with Crippen molar-refractivity contribution in [2.75, 3.05) is 31.6 Å². The number of thiocarbonyl (C=S) groups is 1. The van der Waals surface area contributed by atoms with E-state index in [1.54, 1.807) is 25.1 Å². The summed E-state index contributed by atoms with van der Waals surface area (Å²) in [5, 5.41) is 6.56. The van der Waals surface area contributed by atoms with Crippen molar-refractivity contribution in [1.29, 1.82) is 0 Å². The first kappa shape index (κ1) is 18.9. The van der Waals surface area contributed by atoms with E-state index in [1.807, 2.05) is 0 Å². The van der Waals surface area contributed by atoms with Crippen LogP contribution >= 0.6 is 23.6 Å². The molecule has 2 heterocycles. The lowest BCUT2D eigenvalue weighted by Gasteiger charge is -2.11. The van der Waals surface area contributed by atoms with Crippen molar-refractivity contribution in [2.24, 2.45) is 0 Å². The summed E-state index contributed by atoms with van der Waals surface area (Å²) in [6.07, 6.45) is 0. The van der Waals surface area contributed by atoms with Gasteiger partial charge in [0.2, 0.25) is 6.79 Å². The summed E-state index contributed by atoms with van der Waals surface area (Å²) in [5.41, 5.74) is 1.38. The van der Waals surface area contributed by atoms with Crippen molar-refractivity contribution in [3.8, 4) is 11.5 Å². The summed E-state index contributed by atoms with van der Waals surface area (Å²) in [6, 6.07) is 5.29. The van der Waals surface area contributed by atoms with Gasteiger partial charge in [-0.2, -0.15) is 0 Å². The van der Waals surface area contributed by atoms with E-state index < -0.39 is 11.9 Å². The number of carbonyl (C=O) groups excluding carboxylic acids is 2. The number of benzene rings is 1. The molecule has 10 heteroatoms. The number of anilines is 2. The van der Waals surface area contributed by atoms with E-state index in [1.165, 1.54) is 14.2 Å². The van der Waals surface area contributed by atoms with E-state index in [4.69, 9.17) is 31.2 Å². The quantitative estimate of drug-likeness (QED) is 0.584. The summed E-state index contributed by atoms with van der Waals surface area (Å²) in [7, 11) is 2.54. The highest BCUT2D eigenvalue weighted by Crippen LogP contribution is 2.36. The smallest absolute Gasteiger partial charge is 0.348 e. The molecule has 0 atom stereocenters. The minimum absolute atomic E-state index is 0.175. The zero-order chi connectivity index (χ0) is 19.6. The third kappa shape index (κ3) is 3.81. The fourth-order valence-electron chi connectivity index (χ4n) is 2.48. The number of esters is 2. The van der Waals surface area contributed by atoms with Crippen LogP contribution in [0.15, 0.2) is 18.2 Å². The third-order valence-electron chi connectivity index (χ3n) is 3.76. The summed E-state index contributed by atoms with van der Waals surface area (Å²) in [5.74, 6) is 0.152. The minimum Gasteiger partial charge on any atom is -0.465 e. The number of hydrogen-bond donors (Lipinski definition) is 2. The molecule has 8 nitrogen and oxygen atoms in total. The first-order valence-electron chi connectivity index (χ1n) is 7.72. The molecule has 0 bridgehead atoms. The molecule has 1 aromatic carbocycles. The highest BCUT2D eigenvalue weighted by Gasteiger charge is 2.26. The van der Waals surface area contributed by atoms with Crippen LogP contribution in [0.3, 0.4) is 0 Å². The van der Waals surface area contributed by atoms with Crippen LogP contribution in [0.25, 0.3) is 0 Å². The Bertz CT molecular complexity index is 924. The number of hydrogen-bond acceptors (Lipinski definition) is 8. The molecule has 142 valence electrons. The van der Waals surface area contributed by atoms with Gasteiger partial charge in [-0.05, 0) is 36.8 Å². The molecule has 0 radical (unpaired) electrons. The molecule has 1 aliphatic heterocycles. The van der Waals surface area contributed by atoms with Gasteiger partial charge < -0.3 is 29.6 Å². The Kier molecular flexibility index (Phi) is 5.47. The second-order valence-electron chi connectivity index (χ2n) is 5.39. The van der Waals surface area contributed by atoms with Gasteiger partial charge in [0, 0.05) is 11.8 Å². The van der Waals surface area contributed by atoms with Crippen LogP contribution in [-0.2, 0) is 9.47 Å². The first-order valence-corrected chi connectivity index (χ1v) is 8.94. The van der Waals surface area contributed by atoms with Crippen LogP contribution in [0.5, 0.6) is 11.5 Å². The summed E-state index contributed by atoms with van der Waals surface area (Å²) >= 11 is 6.38. The molecular weight excluding hydrogens is 392 g/mol. The number of carbonyl (C=O) groups is 2. The second-order valence-corrected chi connectivity index (χ2v) is 6.82. The van der Waals surface area contributed by atoms with E-state index in [-0.39, 0.29) is 17.5 Å². The molecule has 0 saturated carbocycles. The van der Waals surface area contributed by atoms with Crippen molar-refractivity contribution < 1.29 is 28.5 Å². The maximum absolute atomic E-state index is 12.1. The molecule has 0 amide bonds. The highest BCUT2D eigenvalue weighted by molar-refractivity contribution is 7.80. The molecule has 1 aromatic heterocycles. The topological polar surface area (TPSA) is 95.1 Å². The second kappa shape index (κ2) is 7.80. The monoisotopic (exact) mass is 408 g/mol. The Morgan fingerprint density at radius 1 is 1.11 bits per heavy atom. The van der Waals surface area contributed by atoms with Gasteiger partial charge in [-0.1, -0.05) is 0 Å². The summed E-state index contributed by atoms with van der Waals surface area (Å²) in [6.45, 7) is 1.82. The van der Waals surface area contributed by atoms with E-state index in [9.17, 15) is 9.59 Å². The predicted octanol–water partition coefficient (Wildman–Crippen LogP) is 3.17. The number of thiophene rings is 1. The molecule has 0 aliphatic carbocycles. The Morgan fingerprint density at radius 2 is 1.81 bits per heavy atom. The van der Waals surface area contributed by atoms with Gasteiger partial charge >= 0.3 is 11.9 Å². The molecular formula is C17H16N2O6S2. The van der Waals surface area contributed by atoms with Crippen LogP contribution in [-0.4, -0.2) is 38.1 Å². The Hall–Kier alpha value is -2.85. The number of fused-ring (bicyclic) bond motifs is 1. The standard InChI is InChI=1S/C17H16N2O6S2/c1-8-12(15(20)22-2)14(27-13(8)16(21)23-3)19-17(26)18-9-4-5-10-11(6-9)25-7-24-10/h4-6H,7H2,1-3H3,(H2,18,19,26). The third-order valence-corrected chi connectivity index (χ3v) is 5.16. The van der Waals surface area contributed by atoms with E-state index >= 15 is 0 Å². The van der Waals surface area contributed by atoms with Crippen molar-refractivity contribution in [2.45, 2.75) is 6.92 Å². The van der Waals surface area contributed by atoms with Crippen LogP contribution in [0.1, 0.15) is 25.6 Å². The molecule has 27 heavy (non-hydrogen) atoms. The Labute approximate surface area is 164 Å². The largest absolute Gasteiger partial charge is 0.465 e. The summed E-state index contributed by atoms with van der Waals surface area (Å²) < 4.78 is 20.2. The SMILES string of the molecule is COC(=O)c1sc(NC(=S)Nc2ccc3c(c2)OCO3)c(C(=O)OC)c1C. The molecule has 0 spiro atoms. The fraction of sp³-hybridized carbons (Fsp3) is 0.235. The minimum atomic E-state index is -0.577. The lowest BCUT2D eigenvalue weighted by Crippen LogP contribution is -2.20. The zero-order valence-electron chi connectivity index (χ0n) is 14.7. The lowest BCUT2D eigenvalue weighted by molar-refractivity contribution is 0.0601. The van der Waals surface area contributed by atoms with Gasteiger partial charge in [-0.3, -0.25) is 0 Å². The molecule has 0 fully saturated rings. The van der Waals surface area contributed by atoms with Crippen LogP contribution < -0.4 is 20.1 Å². The summed E-state index contributed by atoms with van der Waals surface area (Å²) in [4.78, 5) is 24.4. The molecule has 0 unspecified atom stereocenters. The number of methoxy groups -OCH3 is 2. The van der Waals surface area contributed by atoms with Gasteiger partial charge in [-0.25, -0.2) is 9.59 Å². The molecule has 1 aliphatic rings. The number of rotatable bonds is 4. The normalized spacial score (nSPS) is 11.7. The van der Waals surface area contributed by atoms with Crippen LogP contribution in [0, 0.1) is 6.92 Å². The number of ether oxygens (including phenoxy) is 4. The first-order chi connectivity index (χ1) is 12.9. The van der Waals surface area contributed by atoms with Crippen LogP contribution in [0.2, 0.25) is 0 Å². The fourth-order valence-corrected chi connectivity index (χ4v) is 3.88. The molecule has 2 N–H and O–H groups in total. The molecule has 0 saturated heterocycles. The van der Waals surface area contributed by atoms with E-state index in [2.05, 4.69) is 10.6 Å². The average molecular weight is 408 g/mol. The van der Waals surface area contributed by atoms with Gasteiger partial charge in [0.25, 0.3) is 0 Å². The highest BCUT2D eigenvalue weighted by atomic mass is 32.1. The maximum atomic E-state index is 12.1. The van der Waals surface area contributed by atoms with E-state index in [0.29, 0.717) is 32.6 Å². The van der Waals surface area contributed by atoms with Crippen LogP contribution in [0.4, 0.5) is 10.7 Å². The maximum Gasteiger partial charge on any atom is 0.348 e. The molecule has 3 rings (SSSR count). The van der Waals surface area contributed by atoms with E-state index in [0.717, 1.165) is 11.3 Å². The zero-order valence-corrected chi connectivity index (χ0v) is 16.3. The number of nitrogens with one attached hydrogen (secondary N) is 2. The molecule has 2 aromatic rings. The van der Waals surface area contributed by atoms with Gasteiger partial charge in [0.05, 0.1) is 19.8 Å². The Balaban J connectivity index is 1.82. The predicted molar refractivity (Wildman–Crippen MR) is 104 cm³/mol. The van der Waals surface area contributed by atoms with Crippen molar-refractivity contribution in [1.82, 2.24) is 0 Å². The average Bonchev–Trinajstić information content (AvgIpc) is 3.24. The van der Waals surface area contributed by atoms with Crippen molar-refractivity contribution in [3.63, 3.8) is 0 Å². The van der Waals surface area contributed by atoms with Gasteiger partial charge in [-0.15, -0.1) is 11.3 Å².